The molecule has 0 saturated carbocycles. The fourth-order valence-corrected chi connectivity index (χ4v) is 10.5. The fraction of sp³-hybridized carbons (Fsp3) is 0.400. The van der Waals surface area contributed by atoms with Crippen molar-refractivity contribution in [2.45, 2.75) is 111 Å². The summed E-state index contributed by atoms with van der Waals surface area (Å²) in [6.07, 6.45) is -3.70. The number of likely N-dealkylation sites (tertiary alicyclic amines) is 1. The summed E-state index contributed by atoms with van der Waals surface area (Å²) in [5.74, 6) is -5.19. The lowest BCUT2D eigenvalue weighted by Crippen LogP contribution is -2.58. The van der Waals surface area contributed by atoms with Crippen molar-refractivity contribution in [1.29, 1.82) is 5.26 Å². The maximum atomic E-state index is 15.5. The van der Waals surface area contributed by atoms with E-state index in [0.29, 0.717) is 17.7 Å². The Morgan fingerprint density at radius 2 is 1.68 bits per heavy atom. The van der Waals surface area contributed by atoms with E-state index in [1.165, 1.54) is 84.5 Å². The standard InChI is InChI=1S/C55H57F5N8O8S2/c1-30(33-11-13-34(14-12-33)47-31(2)63-29-78-47)64-49(71)43-24-38(76-32(3)69)27-66(43)50(72)48(53(4,5)6)65-44(70)28-74-21-9-10-22-75-37-17-18-39(40(56)23-37)41-19-16-36(26-62-41)68-52(77)67(51(73)54(68,7)8)42-20-15-35(25-61)45(46(42)57)55(58,59)60/h11-20,23,26,29-30,38,43,48H,9-10,21-22,24,27-28H2,1-8H3,(H,64,71)(H,65,70)/t30-,38+,43-,48+/m0/s1. The predicted molar refractivity (Wildman–Crippen MR) is 284 cm³/mol. The van der Waals surface area contributed by atoms with Crippen LogP contribution < -0.4 is 25.2 Å². The van der Waals surface area contributed by atoms with Crippen LogP contribution in [0.15, 0.2) is 78.4 Å². The summed E-state index contributed by atoms with van der Waals surface area (Å²) < 4.78 is 89.2. The van der Waals surface area contributed by atoms with Crippen molar-refractivity contribution in [2.24, 2.45) is 5.41 Å². The number of aromatic nitrogens is 2. The molecule has 0 aliphatic carbocycles. The van der Waals surface area contributed by atoms with E-state index in [0.717, 1.165) is 33.8 Å². The second kappa shape index (κ2) is 23.7. The highest BCUT2D eigenvalue weighted by molar-refractivity contribution is 7.81. The first-order chi connectivity index (χ1) is 36.7. The second-order valence-electron chi connectivity index (χ2n) is 20.4. The van der Waals surface area contributed by atoms with Crippen molar-refractivity contribution in [3.05, 3.63) is 112 Å². The molecule has 0 radical (unpaired) electrons. The molecule has 2 aliphatic heterocycles. The Bertz CT molecular complexity index is 3140. The Balaban J connectivity index is 0.886. The van der Waals surface area contributed by atoms with E-state index in [-0.39, 0.29) is 60.6 Å². The van der Waals surface area contributed by atoms with Crippen molar-refractivity contribution in [2.75, 3.05) is 36.2 Å². The van der Waals surface area contributed by atoms with Crippen molar-refractivity contribution in [3.63, 3.8) is 0 Å². The number of halogens is 5. The molecule has 4 heterocycles. The van der Waals surface area contributed by atoms with Gasteiger partial charge in [-0.1, -0.05) is 45.0 Å². The van der Waals surface area contributed by atoms with Crippen LogP contribution in [0.4, 0.5) is 33.3 Å². The van der Waals surface area contributed by atoms with Crippen molar-refractivity contribution >= 4 is 69.6 Å². The van der Waals surface area contributed by atoms with E-state index in [2.05, 4.69) is 20.6 Å². The highest BCUT2D eigenvalue weighted by Gasteiger charge is 2.52. The number of amides is 4. The highest BCUT2D eigenvalue weighted by atomic mass is 32.1. The lowest BCUT2D eigenvalue weighted by molar-refractivity contribution is -0.147. The quantitative estimate of drug-likeness (QED) is 0.0365. The molecular formula is C55H57F5N8O8S2. The van der Waals surface area contributed by atoms with E-state index >= 15 is 8.78 Å². The molecular weight excluding hydrogens is 1060 g/mol. The number of nitrogens with one attached hydrogen (secondary N) is 2. The van der Waals surface area contributed by atoms with E-state index in [1.54, 1.807) is 26.3 Å². The summed E-state index contributed by atoms with van der Waals surface area (Å²) in [5.41, 5.74) is -0.848. The Labute approximate surface area is 456 Å². The van der Waals surface area contributed by atoms with Crippen LogP contribution in [-0.4, -0.2) is 99.7 Å². The Morgan fingerprint density at radius 1 is 0.974 bits per heavy atom. The van der Waals surface area contributed by atoms with Gasteiger partial charge in [-0.2, -0.15) is 18.4 Å². The summed E-state index contributed by atoms with van der Waals surface area (Å²) in [4.78, 5) is 80.1. The van der Waals surface area contributed by atoms with Gasteiger partial charge in [0.1, 0.15) is 47.5 Å². The van der Waals surface area contributed by atoms with Gasteiger partial charge in [-0.05, 0) is 106 Å². The molecule has 5 aromatic rings. The predicted octanol–water partition coefficient (Wildman–Crippen LogP) is 9.38. The molecule has 7 rings (SSSR count). The first-order valence-electron chi connectivity index (χ1n) is 24.8. The number of hydrogen-bond acceptors (Lipinski definition) is 13. The number of alkyl halides is 3. The SMILES string of the molecule is CC(=O)O[C@@H]1C[C@@H](C(=O)N[C@@H](C)c2ccc(-c3scnc3C)cc2)N(C(=O)[C@@H](NC(=O)COCCCCOc2ccc(-c3ccc(N4C(=S)N(c5ccc(C#N)c(C(F)(F)F)c5F)C(=O)C4(C)C)cn3)c(F)c2)C(C)(C)C)C1. The number of hydrogen-bond donors (Lipinski definition) is 2. The van der Waals surface area contributed by atoms with Gasteiger partial charge in [0.15, 0.2) is 10.9 Å². The molecule has 2 aliphatic rings. The van der Waals surface area contributed by atoms with Crippen LogP contribution in [0.5, 0.6) is 5.75 Å². The van der Waals surface area contributed by atoms with Gasteiger partial charge in [0.25, 0.3) is 5.91 Å². The first-order valence-corrected chi connectivity index (χ1v) is 26.0. The number of aryl methyl sites for hydroxylation is 1. The van der Waals surface area contributed by atoms with E-state index in [9.17, 15) is 42.4 Å². The molecule has 3 aromatic carbocycles. The van der Waals surface area contributed by atoms with E-state index in [1.807, 2.05) is 38.1 Å². The summed E-state index contributed by atoms with van der Waals surface area (Å²) in [5, 5.41) is 14.6. The van der Waals surface area contributed by atoms with Gasteiger partial charge in [-0.3, -0.25) is 33.9 Å². The third-order valence-corrected chi connectivity index (χ3v) is 14.6. The lowest BCUT2D eigenvalue weighted by Gasteiger charge is -2.35. The molecule has 2 aromatic heterocycles. The Hall–Kier alpha value is -7.42. The number of thiazole rings is 1. The average Bonchev–Trinajstić information content (AvgIpc) is 4.28. The molecule has 412 valence electrons. The van der Waals surface area contributed by atoms with Gasteiger partial charge in [0.05, 0.1) is 70.2 Å². The number of pyridine rings is 1. The molecule has 2 fully saturated rings. The number of thiocarbonyl (C=S) groups is 1. The largest absolute Gasteiger partial charge is 0.493 e. The molecule has 0 unspecified atom stereocenters. The number of carbonyl (C=O) groups is 5. The number of benzene rings is 3. The molecule has 16 nitrogen and oxygen atoms in total. The van der Waals surface area contributed by atoms with Crippen LogP contribution in [0.25, 0.3) is 21.7 Å². The molecule has 0 spiro atoms. The minimum atomic E-state index is -5.24. The monoisotopic (exact) mass is 1120 g/mol. The number of anilines is 2. The summed E-state index contributed by atoms with van der Waals surface area (Å²) in [7, 11) is 0. The minimum absolute atomic E-state index is 0.0462. The maximum Gasteiger partial charge on any atom is 0.420 e. The van der Waals surface area contributed by atoms with Crippen LogP contribution in [0.3, 0.4) is 0 Å². The van der Waals surface area contributed by atoms with Gasteiger partial charge in [-0.15, -0.1) is 11.3 Å². The molecule has 0 bridgehead atoms. The summed E-state index contributed by atoms with van der Waals surface area (Å²) >= 11 is 7.04. The third kappa shape index (κ3) is 12.8. The average molecular weight is 1120 g/mol. The number of nitriles is 1. The molecule has 78 heavy (non-hydrogen) atoms. The maximum absolute atomic E-state index is 15.5. The summed E-state index contributed by atoms with van der Waals surface area (Å²) in [6, 6.07) is 15.4. The zero-order valence-corrected chi connectivity index (χ0v) is 45.6. The molecule has 4 atom stereocenters. The van der Waals surface area contributed by atoms with Crippen molar-refractivity contribution < 1.29 is 60.1 Å². The van der Waals surface area contributed by atoms with Gasteiger partial charge in [0.2, 0.25) is 17.7 Å². The Kier molecular flexibility index (Phi) is 17.7. The molecule has 4 amide bonds. The topological polar surface area (TPSA) is 196 Å². The second-order valence-corrected chi connectivity index (χ2v) is 21.6. The van der Waals surface area contributed by atoms with Crippen LogP contribution in [0.2, 0.25) is 0 Å². The molecule has 2 saturated heterocycles. The molecule has 2 N–H and O–H groups in total. The highest BCUT2D eigenvalue weighted by Crippen LogP contribution is 2.42. The van der Waals surface area contributed by atoms with Crippen LogP contribution >= 0.6 is 23.6 Å². The first kappa shape index (κ1) is 58.3. The number of esters is 1. The van der Waals surface area contributed by atoms with Crippen molar-refractivity contribution in [3.8, 4) is 33.5 Å². The van der Waals surface area contributed by atoms with E-state index in [4.69, 9.17) is 26.4 Å². The number of nitrogens with zero attached hydrogens (tertiary/aromatic N) is 6. The third-order valence-electron chi connectivity index (χ3n) is 13.2. The Morgan fingerprint density at radius 3 is 2.28 bits per heavy atom. The number of rotatable bonds is 18. The minimum Gasteiger partial charge on any atom is -0.493 e. The molecule has 23 heteroatoms. The number of carbonyl (C=O) groups excluding carboxylic acids is 5. The smallest absolute Gasteiger partial charge is 0.420 e. The van der Waals surface area contributed by atoms with Gasteiger partial charge < -0.3 is 34.6 Å². The number of ether oxygens (including phenoxy) is 3. The van der Waals surface area contributed by atoms with Gasteiger partial charge >= 0.3 is 12.1 Å². The van der Waals surface area contributed by atoms with Gasteiger partial charge in [0, 0.05) is 31.6 Å². The van der Waals surface area contributed by atoms with Crippen LogP contribution in [-0.2, 0) is 39.6 Å². The lowest BCUT2D eigenvalue weighted by atomic mass is 9.85. The van der Waals surface area contributed by atoms with Crippen LogP contribution in [0, 0.1) is 35.3 Å². The number of unbranched alkanes of at least 4 members (excludes halogenated alkanes) is 1. The van der Waals surface area contributed by atoms with Crippen LogP contribution in [0.1, 0.15) is 96.2 Å². The summed E-state index contributed by atoms with van der Waals surface area (Å²) in [6.45, 7) is 13.2. The zero-order valence-electron chi connectivity index (χ0n) is 43.9. The fourth-order valence-electron chi connectivity index (χ4n) is 9.20. The zero-order chi connectivity index (χ0) is 57.0. The van der Waals surface area contributed by atoms with Gasteiger partial charge in [-0.25, -0.2) is 13.8 Å². The normalized spacial score (nSPS) is 17.2. The van der Waals surface area contributed by atoms with Crippen molar-refractivity contribution in [1.82, 2.24) is 25.5 Å². The van der Waals surface area contributed by atoms with E-state index < -0.39 is 99.4 Å².